The predicted molar refractivity (Wildman–Crippen MR) is 78.4 cm³/mol. The normalized spacial score (nSPS) is 14.8. The van der Waals surface area contributed by atoms with Crippen LogP contribution in [-0.4, -0.2) is 28.4 Å². The van der Waals surface area contributed by atoms with E-state index in [0.29, 0.717) is 17.1 Å². The van der Waals surface area contributed by atoms with Crippen molar-refractivity contribution in [2.75, 3.05) is 11.9 Å². The van der Waals surface area contributed by atoms with Gasteiger partial charge in [0, 0.05) is 13.5 Å². The largest absolute Gasteiger partial charge is 0.478 e. The van der Waals surface area contributed by atoms with Gasteiger partial charge in [0.1, 0.15) is 10.6 Å². The van der Waals surface area contributed by atoms with Crippen molar-refractivity contribution in [3.05, 3.63) is 22.9 Å². The van der Waals surface area contributed by atoms with Gasteiger partial charge in [-0.2, -0.15) is 4.37 Å². The van der Waals surface area contributed by atoms with Crippen LogP contribution in [0.25, 0.3) is 0 Å². The number of nitrogens with zero attached hydrogens (tertiary/aromatic N) is 2. The number of aromatic nitrogens is 1. The molecule has 0 fully saturated rings. The highest BCUT2D eigenvalue weighted by atomic mass is 32.1. The summed E-state index contributed by atoms with van der Waals surface area (Å²) in [6.45, 7) is 1.64. The highest BCUT2D eigenvalue weighted by Gasteiger charge is 2.24. The van der Waals surface area contributed by atoms with Crippen LogP contribution in [0.1, 0.15) is 48.2 Å². The van der Waals surface area contributed by atoms with Gasteiger partial charge < -0.3 is 10.0 Å². The van der Waals surface area contributed by atoms with Crippen LogP contribution in [0.4, 0.5) is 5.00 Å². The summed E-state index contributed by atoms with van der Waals surface area (Å²) in [6.07, 6.45) is 6.81. The fraction of sp³-hybridized carbons (Fsp3) is 0.500. The van der Waals surface area contributed by atoms with E-state index < -0.39 is 5.97 Å². The van der Waals surface area contributed by atoms with Crippen LogP contribution >= 0.6 is 11.5 Å². The Kier molecular flexibility index (Phi) is 4.54. The molecule has 0 bridgehead atoms. The predicted octanol–water partition coefficient (Wildman–Crippen LogP) is 3.00. The van der Waals surface area contributed by atoms with Crippen LogP contribution in [0.5, 0.6) is 0 Å². The van der Waals surface area contributed by atoms with E-state index in [0.717, 1.165) is 36.4 Å². The number of rotatable bonds is 4. The summed E-state index contributed by atoms with van der Waals surface area (Å²) in [4.78, 5) is 24.9. The maximum absolute atomic E-state index is 12.3. The molecule has 1 aromatic rings. The molecule has 1 heterocycles. The molecule has 2 rings (SSSR count). The number of anilines is 1. The lowest BCUT2D eigenvalue weighted by Gasteiger charge is -2.18. The van der Waals surface area contributed by atoms with E-state index in [4.69, 9.17) is 0 Å². The van der Waals surface area contributed by atoms with Crippen LogP contribution in [0.3, 0.4) is 0 Å². The Labute approximate surface area is 122 Å². The van der Waals surface area contributed by atoms with Gasteiger partial charge in [0.2, 0.25) is 5.91 Å². The smallest absolute Gasteiger partial charge is 0.340 e. The van der Waals surface area contributed by atoms with Crippen molar-refractivity contribution in [2.24, 2.45) is 0 Å². The van der Waals surface area contributed by atoms with Gasteiger partial charge in [0.15, 0.2) is 0 Å². The first-order valence-electron chi connectivity index (χ1n) is 6.64. The third-order valence-corrected chi connectivity index (χ3v) is 4.52. The average molecular weight is 294 g/mol. The Morgan fingerprint density at radius 2 is 2.20 bits per heavy atom. The van der Waals surface area contributed by atoms with Crippen LogP contribution < -0.4 is 4.90 Å². The zero-order valence-electron chi connectivity index (χ0n) is 11.7. The molecule has 1 amide bonds. The van der Waals surface area contributed by atoms with E-state index in [1.165, 1.54) is 11.3 Å². The third-order valence-electron chi connectivity index (χ3n) is 3.50. The first-order valence-corrected chi connectivity index (χ1v) is 7.42. The maximum atomic E-state index is 12.3. The van der Waals surface area contributed by atoms with E-state index in [1.807, 2.05) is 0 Å². The SMILES string of the molecule is Cc1nsc(N(C)C(=O)CC2=CCCCC2)c1C(=O)O. The summed E-state index contributed by atoms with van der Waals surface area (Å²) in [5, 5.41) is 9.62. The molecule has 6 heteroatoms. The molecule has 0 aliphatic heterocycles. The number of aromatic carboxylic acids is 1. The van der Waals surface area contributed by atoms with Crippen molar-refractivity contribution in [3.63, 3.8) is 0 Å². The zero-order chi connectivity index (χ0) is 14.7. The molecule has 108 valence electrons. The first kappa shape index (κ1) is 14.7. The fourth-order valence-electron chi connectivity index (χ4n) is 2.32. The molecular formula is C14H18N2O3S. The van der Waals surface area contributed by atoms with Gasteiger partial charge in [-0.05, 0) is 44.1 Å². The number of allylic oxidation sites excluding steroid dienone is 1. The van der Waals surface area contributed by atoms with Gasteiger partial charge in [-0.25, -0.2) is 4.79 Å². The Hall–Kier alpha value is -1.69. The number of aryl methyl sites for hydroxylation is 1. The van der Waals surface area contributed by atoms with Crippen LogP contribution in [0, 0.1) is 6.92 Å². The van der Waals surface area contributed by atoms with E-state index in [-0.39, 0.29) is 11.5 Å². The average Bonchev–Trinajstić information content (AvgIpc) is 2.81. The highest BCUT2D eigenvalue weighted by Crippen LogP contribution is 2.29. The van der Waals surface area contributed by atoms with Gasteiger partial charge in [-0.15, -0.1) is 0 Å². The van der Waals surface area contributed by atoms with Crippen molar-refractivity contribution in [3.8, 4) is 0 Å². The number of carboxylic acids is 1. The number of hydrogen-bond acceptors (Lipinski definition) is 4. The van der Waals surface area contributed by atoms with Crippen molar-refractivity contribution in [1.29, 1.82) is 0 Å². The second-order valence-electron chi connectivity index (χ2n) is 4.99. The summed E-state index contributed by atoms with van der Waals surface area (Å²) in [7, 11) is 1.62. The molecule has 5 nitrogen and oxygen atoms in total. The minimum atomic E-state index is -1.04. The summed E-state index contributed by atoms with van der Waals surface area (Å²) >= 11 is 1.06. The van der Waals surface area contributed by atoms with Crippen molar-refractivity contribution in [1.82, 2.24) is 4.37 Å². The third kappa shape index (κ3) is 3.07. The van der Waals surface area contributed by atoms with Gasteiger partial charge in [-0.1, -0.05) is 11.6 Å². The number of carboxylic acid groups (broad SMARTS) is 1. The van der Waals surface area contributed by atoms with E-state index in [2.05, 4.69) is 10.4 Å². The minimum Gasteiger partial charge on any atom is -0.478 e. The molecule has 0 radical (unpaired) electrons. The molecule has 0 aromatic carbocycles. The van der Waals surface area contributed by atoms with Gasteiger partial charge >= 0.3 is 5.97 Å². The standard InChI is InChI=1S/C14H18N2O3S/c1-9-12(14(18)19)13(20-15-9)16(2)11(17)8-10-6-4-3-5-7-10/h6H,3-5,7-8H2,1-2H3,(H,18,19). The van der Waals surface area contributed by atoms with Crippen molar-refractivity contribution >= 4 is 28.4 Å². The molecule has 1 aliphatic rings. The molecule has 0 unspecified atom stereocenters. The van der Waals surface area contributed by atoms with Crippen LogP contribution in [0.15, 0.2) is 11.6 Å². The van der Waals surface area contributed by atoms with E-state index >= 15 is 0 Å². The van der Waals surface area contributed by atoms with E-state index in [9.17, 15) is 14.7 Å². The lowest BCUT2D eigenvalue weighted by atomic mass is 9.97. The van der Waals surface area contributed by atoms with Gasteiger partial charge in [0.25, 0.3) is 0 Å². The lowest BCUT2D eigenvalue weighted by molar-refractivity contribution is -0.117. The van der Waals surface area contributed by atoms with Crippen LogP contribution in [-0.2, 0) is 4.79 Å². The summed E-state index contributed by atoms with van der Waals surface area (Å²) < 4.78 is 4.04. The number of carbonyl (C=O) groups excluding carboxylic acids is 1. The minimum absolute atomic E-state index is 0.0794. The molecule has 1 aromatic heterocycles. The molecule has 0 saturated carbocycles. The summed E-state index contributed by atoms with van der Waals surface area (Å²) in [5.74, 6) is -1.12. The number of carbonyl (C=O) groups is 2. The van der Waals surface area contributed by atoms with Crippen molar-refractivity contribution < 1.29 is 14.7 Å². The van der Waals surface area contributed by atoms with Gasteiger partial charge in [0.05, 0.1) is 5.69 Å². The molecule has 0 atom stereocenters. The highest BCUT2D eigenvalue weighted by molar-refractivity contribution is 7.11. The fourth-order valence-corrected chi connectivity index (χ4v) is 3.19. The van der Waals surface area contributed by atoms with Crippen molar-refractivity contribution in [2.45, 2.75) is 39.0 Å². The Balaban J connectivity index is 2.14. The molecule has 0 spiro atoms. The second-order valence-corrected chi connectivity index (χ2v) is 5.74. The van der Waals surface area contributed by atoms with Gasteiger partial charge in [-0.3, -0.25) is 4.79 Å². The van der Waals surface area contributed by atoms with Crippen LogP contribution in [0.2, 0.25) is 0 Å². The molecule has 0 saturated heterocycles. The maximum Gasteiger partial charge on any atom is 0.340 e. The lowest BCUT2D eigenvalue weighted by Crippen LogP contribution is -2.27. The second kappa shape index (κ2) is 6.17. The zero-order valence-corrected chi connectivity index (χ0v) is 12.5. The quantitative estimate of drug-likeness (QED) is 0.867. The Bertz CT molecular complexity index is 563. The topological polar surface area (TPSA) is 70.5 Å². The summed E-state index contributed by atoms with van der Waals surface area (Å²) in [6, 6.07) is 0. The monoisotopic (exact) mass is 294 g/mol. The van der Waals surface area contributed by atoms with E-state index in [1.54, 1.807) is 14.0 Å². The Morgan fingerprint density at radius 1 is 1.45 bits per heavy atom. The first-order chi connectivity index (χ1) is 9.50. The molecule has 20 heavy (non-hydrogen) atoms. The molecule has 1 N–H and O–H groups in total. The number of amides is 1. The number of hydrogen-bond donors (Lipinski definition) is 1. The molecule has 1 aliphatic carbocycles. The molecular weight excluding hydrogens is 276 g/mol. The Morgan fingerprint density at radius 3 is 2.80 bits per heavy atom. The summed E-state index contributed by atoms with van der Waals surface area (Å²) in [5.41, 5.74) is 1.74.